The van der Waals surface area contributed by atoms with E-state index in [0.29, 0.717) is 0 Å². The lowest BCUT2D eigenvalue weighted by atomic mass is 9.79. The molecule has 1 aliphatic carbocycles. The van der Waals surface area contributed by atoms with Crippen LogP contribution in [-0.2, 0) is 0 Å². The molecule has 1 saturated carbocycles. The molecule has 1 fully saturated rings. The van der Waals surface area contributed by atoms with Crippen molar-refractivity contribution in [1.29, 1.82) is 0 Å². The summed E-state index contributed by atoms with van der Waals surface area (Å²) in [6.07, 6.45) is 9.04. The Balaban J connectivity index is 1.95. The van der Waals surface area contributed by atoms with Crippen LogP contribution in [0, 0.1) is 5.92 Å². The number of hydrogen-bond donors (Lipinski definition) is 2. The lowest BCUT2D eigenvalue weighted by Gasteiger charge is -2.29. The van der Waals surface area contributed by atoms with Crippen LogP contribution in [0.2, 0.25) is 0 Å². The predicted molar refractivity (Wildman–Crippen MR) is 73.8 cm³/mol. The molecule has 0 saturated heterocycles. The molecule has 18 heavy (non-hydrogen) atoms. The largest absolute Gasteiger partial charge is 0.271 e. The summed E-state index contributed by atoms with van der Waals surface area (Å²) in [5.74, 6) is 6.57. The quantitative estimate of drug-likeness (QED) is 0.639. The minimum absolute atomic E-state index is 0.217. The second-order valence-corrected chi connectivity index (χ2v) is 5.20. The summed E-state index contributed by atoms with van der Waals surface area (Å²) < 4.78 is 0. The monoisotopic (exact) mass is 241 g/mol. The number of rotatable bonds is 4. The van der Waals surface area contributed by atoms with Gasteiger partial charge in [-0.1, -0.05) is 43.5 Å². The molecule has 3 N–H and O–H groups in total. The van der Waals surface area contributed by atoms with Crippen molar-refractivity contribution in [2.24, 2.45) is 11.8 Å². The zero-order chi connectivity index (χ0) is 12.4. The first-order chi connectivity index (χ1) is 8.88. The molecule has 1 aliphatic rings. The first-order valence-electron chi connectivity index (χ1n) is 6.67. The van der Waals surface area contributed by atoms with Crippen molar-refractivity contribution in [1.82, 2.24) is 10.4 Å². The number of benzene rings is 1. The number of pyridine rings is 1. The number of fused-ring (bicyclic) bond motifs is 1. The zero-order valence-electron chi connectivity index (χ0n) is 10.5. The van der Waals surface area contributed by atoms with E-state index in [2.05, 4.69) is 28.6 Å². The van der Waals surface area contributed by atoms with E-state index < -0.39 is 0 Å². The van der Waals surface area contributed by atoms with Gasteiger partial charge in [-0.25, -0.2) is 0 Å². The van der Waals surface area contributed by atoms with Crippen LogP contribution < -0.4 is 11.3 Å². The minimum atomic E-state index is 0.217. The van der Waals surface area contributed by atoms with Crippen molar-refractivity contribution < 1.29 is 0 Å². The number of nitrogens with two attached hydrogens (primary N) is 1. The van der Waals surface area contributed by atoms with Crippen LogP contribution in [0.5, 0.6) is 0 Å². The maximum atomic E-state index is 5.75. The molecule has 0 spiro atoms. The van der Waals surface area contributed by atoms with E-state index in [4.69, 9.17) is 5.84 Å². The molecule has 1 unspecified atom stereocenters. The maximum absolute atomic E-state index is 5.75. The van der Waals surface area contributed by atoms with E-state index >= 15 is 0 Å². The fourth-order valence-electron chi connectivity index (χ4n) is 2.76. The van der Waals surface area contributed by atoms with Crippen LogP contribution in [0.15, 0.2) is 36.7 Å². The van der Waals surface area contributed by atoms with Crippen molar-refractivity contribution in [2.75, 3.05) is 0 Å². The van der Waals surface area contributed by atoms with Crippen LogP contribution in [0.3, 0.4) is 0 Å². The van der Waals surface area contributed by atoms with Crippen LogP contribution in [0.1, 0.15) is 37.3 Å². The lowest BCUT2D eigenvalue weighted by molar-refractivity contribution is 0.262. The Hall–Kier alpha value is -1.45. The highest BCUT2D eigenvalue weighted by Crippen LogP contribution is 2.35. The molecular weight excluding hydrogens is 222 g/mol. The smallest absolute Gasteiger partial charge is 0.0484 e. The lowest BCUT2D eigenvalue weighted by Crippen LogP contribution is -2.31. The average Bonchev–Trinajstić information content (AvgIpc) is 2.38. The number of nitrogens with one attached hydrogen (secondary N) is 1. The van der Waals surface area contributed by atoms with E-state index in [1.54, 1.807) is 0 Å². The fraction of sp³-hybridized carbons (Fsp3) is 0.400. The van der Waals surface area contributed by atoms with Gasteiger partial charge in [0.1, 0.15) is 0 Å². The Labute approximate surface area is 107 Å². The van der Waals surface area contributed by atoms with E-state index in [1.165, 1.54) is 35.6 Å². The second-order valence-electron chi connectivity index (χ2n) is 5.20. The standard InChI is InChI=1S/C15H19N3/c16-18-15(8-11-4-3-5-11)14-10-17-9-12-6-1-2-7-13(12)14/h1-2,6-7,9-11,15,18H,3-5,8,16H2. The van der Waals surface area contributed by atoms with Crippen molar-refractivity contribution >= 4 is 10.8 Å². The van der Waals surface area contributed by atoms with Gasteiger partial charge in [-0.15, -0.1) is 0 Å². The molecule has 1 atom stereocenters. The summed E-state index contributed by atoms with van der Waals surface area (Å²) in [5.41, 5.74) is 4.19. The fourth-order valence-corrected chi connectivity index (χ4v) is 2.76. The van der Waals surface area contributed by atoms with E-state index in [-0.39, 0.29) is 6.04 Å². The highest BCUT2D eigenvalue weighted by atomic mass is 15.2. The van der Waals surface area contributed by atoms with Gasteiger partial charge < -0.3 is 0 Å². The number of hydrogen-bond acceptors (Lipinski definition) is 3. The van der Waals surface area contributed by atoms with Crippen LogP contribution in [-0.4, -0.2) is 4.98 Å². The van der Waals surface area contributed by atoms with Crippen LogP contribution >= 0.6 is 0 Å². The van der Waals surface area contributed by atoms with E-state index in [0.717, 1.165) is 12.3 Å². The molecule has 3 rings (SSSR count). The van der Waals surface area contributed by atoms with Gasteiger partial charge in [-0.2, -0.15) is 0 Å². The Bertz CT molecular complexity index is 529. The van der Waals surface area contributed by atoms with Crippen LogP contribution in [0.25, 0.3) is 10.8 Å². The molecule has 0 aliphatic heterocycles. The van der Waals surface area contributed by atoms with Gasteiger partial charge in [0.15, 0.2) is 0 Å². The number of aromatic nitrogens is 1. The molecule has 1 aromatic heterocycles. The molecule has 94 valence electrons. The van der Waals surface area contributed by atoms with Crippen molar-refractivity contribution in [2.45, 2.75) is 31.7 Å². The maximum Gasteiger partial charge on any atom is 0.0484 e. The Kier molecular flexibility index (Phi) is 3.26. The summed E-state index contributed by atoms with van der Waals surface area (Å²) >= 11 is 0. The van der Waals surface area contributed by atoms with Crippen molar-refractivity contribution in [3.05, 3.63) is 42.2 Å². The number of nitrogens with zero attached hydrogens (tertiary/aromatic N) is 1. The normalized spacial score (nSPS) is 17.6. The van der Waals surface area contributed by atoms with E-state index in [1.807, 2.05) is 18.5 Å². The SMILES string of the molecule is NNC(CC1CCC1)c1cncc2ccccc12. The Morgan fingerprint density at radius 2 is 2.11 bits per heavy atom. The third kappa shape index (κ3) is 2.11. The summed E-state index contributed by atoms with van der Waals surface area (Å²) in [7, 11) is 0. The molecular formula is C15H19N3. The van der Waals surface area contributed by atoms with Gasteiger partial charge in [0, 0.05) is 23.8 Å². The first kappa shape index (κ1) is 11.6. The molecule has 0 radical (unpaired) electrons. The van der Waals surface area contributed by atoms with Gasteiger partial charge in [0.2, 0.25) is 0 Å². The average molecular weight is 241 g/mol. The molecule has 3 nitrogen and oxygen atoms in total. The summed E-state index contributed by atoms with van der Waals surface area (Å²) in [6, 6.07) is 8.59. The molecule has 1 heterocycles. The number of hydrazine groups is 1. The Morgan fingerprint density at radius 3 is 2.83 bits per heavy atom. The van der Waals surface area contributed by atoms with Gasteiger partial charge in [-0.05, 0) is 23.3 Å². The summed E-state index contributed by atoms with van der Waals surface area (Å²) in [5, 5.41) is 2.44. The summed E-state index contributed by atoms with van der Waals surface area (Å²) in [4.78, 5) is 4.34. The topological polar surface area (TPSA) is 50.9 Å². The van der Waals surface area contributed by atoms with Crippen molar-refractivity contribution in [3.8, 4) is 0 Å². The molecule has 3 heteroatoms. The third-order valence-corrected chi connectivity index (χ3v) is 4.07. The molecule has 2 aromatic rings. The highest BCUT2D eigenvalue weighted by molar-refractivity contribution is 5.85. The van der Waals surface area contributed by atoms with E-state index in [9.17, 15) is 0 Å². The Morgan fingerprint density at radius 1 is 1.28 bits per heavy atom. The first-order valence-corrected chi connectivity index (χ1v) is 6.67. The third-order valence-electron chi connectivity index (χ3n) is 4.07. The minimum Gasteiger partial charge on any atom is -0.271 e. The highest BCUT2D eigenvalue weighted by Gasteiger charge is 2.23. The molecule has 0 bridgehead atoms. The van der Waals surface area contributed by atoms with Crippen LogP contribution in [0.4, 0.5) is 0 Å². The summed E-state index contributed by atoms with van der Waals surface area (Å²) in [6.45, 7) is 0. The predicted octanol–water partition coefficient (Wildman–Crippen LogP) is 2.93. The van der Waals surface area contributed by atoms with Gasteiger partial charge in [0.05, 0.1) is 0 Å². The van der Waals surface area contributed by atoms with Gasteiger partial charge >= 0.3 is 0 Å². The zero-order valence-corrected chi connectivity index (χ0v) is 10.5. The second kappa shape index (κ2) is 5.04. The van der Waals surface area contributed by atoms with Crippen molar-refractivity contribution in [3.63, 3.8) is 0 Å². The molecule has 0 amide bonds. The van der Waals surface area contributed by atoms with Gasteiger partial charge in [-0.3, -0.25) is 16.3 Å². The van der Waals surface area contributed by atoms with Gasteiger partial charge in [0.25, 0.3) is 0 Å². The molecule has 1 aromatic carbocycles.